The molecular weight excluding hydrogens is 136 g/mol. The average molecular weight is 156 g/mol. The van der Waals surface area contributed by atoms with E-state index in [1.54, 1.807) is 0 Å². The molecule has 1 rings (SSSR count). The van der Waals surface area contributed by atoms with E-state index in [0.29, 0.717) is 0 Å². The third kappa shape index (κ3) is 2.46. The number of rotatable bonds is 3. The summed E-state index contributed by atoms with van der Waals surface area (Å²) >= 11 is 0. The summed E-state index contributed by atoms with van der Waals surface area (Å²) < 4.78 is 0. The fourth-order valence-corrected chi connectivity index (χ4v) is 1.80. The van der Waals surface area contributed by atoms with Gasteiger partial charge in [-0.15, -0.1) is 0 Å². The van der Waals surface area contributed by atoms with Gasteiger partial charge in [-0.1, -0.05) is 13.8 Å². The minimum absolute atomic E-state index is 0.736. The number of nitrogens with zero attached hydrogens (tertiary/aromatic N) is 1. The van der Waals surface area contributed by atoms with E-state index in [4.69, 9.17) is 0 Å². The minimum atomic E-state index is 0.736. The maximum absolute atomic E-state index is 3.57. The van der Waals surface area contributed by atoms with Gasteiger partial charge in [-0.3, -0.25) is 0 Å². The van der Waals surface area contributed by atoms with Gasteiger partial charge in [0.05, 0.1) is 0 Å². The molecule has 2 atom stereocenters. The van der Waals surface area contributed by atoms with Crippen molar-refractivity contribution in [2.24, 2.45) is 5.92 Å². The quantitative estimate of drug-likeness (QED) is 0.654. The topological polar surface area (TPSA) is 15.3 Å². The van der Waals surface area contributed by atoms with E-state index in [0.717, 1.165) is 12.0 Å². The molecule has 1 aliphatic rings. The largest absolute Gasteiger partial charge is 0.312 e. The summed E-state index contributed by atoms with van der Waals surface area (Å²) in [4.78, 5) is 2.40. The van der Waals surface area contributed by atoms with Crippen LogP contribution in [0.3, 0.4) is 0 Å². The molecule has 2 heteroatoms. The van der Waals surface area contributed by atoms with Crippen molar-refractivity contribution in [3.05, 3.63) is 0 Å². The first-order valence-electron chi connectivity index (χ1n) is 4.66. The van der Waals surface area contributed by atoms with Crippen molar-refractivity contribution < 1.29 is 0 Å². The Balaban J connectivity index is 2.23. The van der Waals surface area contributed by atoms with Gasteiger partial charge in [0.25, 0.3) is 0 Å². The van der Waals surface area contributed by atoms with Crippen LogP contribution in [0.5, 0.6) is 0 Å². The SMILES string of the molecule is CCCN[C@@H]1CN(C)C[C@@H]1C. The summed E-state index contributed by atoms with van der Waals surface area (Å²) in [5.74, 6) is 0.826. The highest BCUT2D eigenvalue weighted by Gasteiger charge is 2.25. The van der Waals surface area contributed by atoms with Crippen LogP contribution >= 0.6 is 0 Å². The normalized spacial score (nSPS) is 33.0. The number of nitrogens with one attached hydrogen (secondary N) is 1. The molecule has 0 aliphatic carbocycles. The van der Waals surface area contributed by atoms with Crippen LogP contribution < -0.4 is 5.32 Å². The molecular formula is C9H20N2. The molecule has 11 heavy (non-hydrogen) atoms. The maximum Gasteiger partial charge on any atom is 0.0232 e. The van der Waals surface area contributed by atoms with Crippen molar-refractivity contribution in [1.82, 2.24) is 10.2 Å². The molecule has 1 saturated heterocycles. The second-order valence-corrected chi connectivity index (χ2v) is 3.76. The summed E-state index contributed by atoms with van der Waals surface area (Å²) in [6, 6.07) is 0.736. The summed E-state index contributed by atoms with van der Waals surface area (Å²) in [5.41, 5.74) is 0. The van der Waals surface area contributed by atoms with Gasteiger partial charge >= 0.3 is 0 Å². The lowest BCUT2D eigenvalue weighted by Gasteiger charge is -2.15. The van der Waals surface area contributed by atoms with Crippen molar-refractivity contribution in [3.63, 3.8) is 0 Å². The van der Waals surface area contributed by atoms with E-state index in [-0.39, 0.29) is 0 Å². The predicted molar refractivity (Wildman–Crippen MR) is 48.7 cm³/mol. The van der Waals surface area contributed by atoms with Crippen LogP contribution in [-0.2, 0) is 0 Å². The first-order valence-corrected chi connectivity index (χ1v) is 4.66. The minimum Gasteiger partial charge on any atom is -0.312 e. The zero-order chi connectivity index (χ0) is 8.27. The Morgan fingerprint density at radius 1 is 1.45 bits per heavy atom. The molecule has 0 aromatic heterocycles. The lowest BCUT2D eigenvalue weighted by Crippen LogP contribution is -2.35. The second kappa shape index (κ2) is 4.07. The van der Waals surface area contributed by atoms with Gasteiger partial charge in [-0.25, -0.2) is 0 Å². The summed E-state index contributed by atoms with van der Waals surface area (Å²) in [7, 11) is 2.20. The predicted octanol–water partition coefficient (Wildman–Crippen LogP) is 0.936. The van der Waals surface area contributed by atoms with Gasteiger partial charge in [-0.2, -0.15) is 0 Å². The van der Waals surface area contributed by atoms with Crippen molar-refractivity contribution in [2.45, 2.75) is 26.3 Å². The second-order valence-electron chi connectivity index (χ2n) is 3.76. The third-order valence-corrected chi connectivity index (χ3v) is 2.45. The van der Waals surface area contributed by atoms with Crippen LogP contribution in [-0.4, -0.2) is 37.6 Å². The van der Waals surface area contributed by atoms with Crippen LogP contribution in [0.4, 0.5) is 0 Å². The van der Waals surface area contributed by atoms with Crippen LogP contribution in [0.2, 0.25) is 0 Å². The molecule has 1 heterocycles. The molecule has 0 radical (unpaired) electrons. The summed E-state index contributed by atoms with van der Waals surface area (Å²) in [6.45, 7) is 8.19. The van der Waals surface area contributed by atoms with E-state index >= 15 is 0 Å². The van der Waals surface area contributed by atoms with Crippen molar-refractivity contribution >= 4 is 0 Å². The Labute approximate surface area is 70.0 Å². The zero-order valence-corrected chi connectivity index (χ0v) is 7.93. The molecule has 0 bridgehead atoms. The molecule has 1 aliphatic heterocycles. The highest BCUT2D eigenvalue weighted by molar-refractivity contribution is 4.84. The van der Waals surface area contributed by atoms with Crippen LogP contribution in [0.1, 0.15) is 20.3 Å². The summed E-state index contributed by atoms with van der Waals surface area (Å²) in [5, 5.41) is 3.57. The highest BCUT2D eigenvalue weighted by Crippen LogP contribution is 2.13. The molecule has 1 N–H and O–H groups in total. The van der Waals surface area contributed by atoms with E-state index in [1.165, 1.54) is 26.1 Å². The first kappa shape index (κ1) is 9.01. The molecule has 0 saturated carbocycles. The van der Waals surface area contributed by atoms with Crippen molar-refractivity contribution in [3.8, 4) is 0 Å². The maximum atomic E-state index is 3.57. The molecule has 66 valence electrons. The molecule has 0 spiro atoms. The number of likely N-dealkylation sites (N-methyl/N-ethyl adjacent to an activating group) is 1. The average Bonchev–Trinajstić information content (AvgIpc) is 2.26. The Morgan fingerprint density at radius 3 is 2.64 bits per heavy atom. The molecule has 0 amide bonds. The van der Waals surface area contributed by atoms with Crippen molar-refractivity contribution in [2.75, 3.05) is 26.7 Å². The van der Waals surface area contributed by atoms with Gasteiger partial charge in [0.1, 0.15) is 0 Å². The van der Waals surface area contributed by atoms with Crippen LogP contribution in [0.15, 0.2) is 0 Å². The molecule has 1 fully saturated rings. The fourth-order valence-electron chi connectivity index (χ4n) is 1.80. The van der Waals surface area contributed by atoms with Crippen LogP contribution in [0, 0.1) is 5.92 Å². The lowest BCUT2D eigenvalue weighted by atomic mass is 10.1. The monoisotopic (exact) mass is 156 g/mol. The number of likely N-dealkylation sites (tertiary alicyclic amines) is 1. The Kier molecular flexibility index (Phi) is 3.34. The van der Waals surface area contributed by atoms with Gasteiger partial charge in [0.15, 0.2) is 0 Å². The molecule has 0 aromatic carbocycles. The Morgan fingerprint density at radius 2 is 2.18 bits per heavy atom. The van der Waals surface area contributed by atoms with Gasteiger partial charge in [-0.05, 0) is 25.9 Å². The zero-order valence-electron chi connectivity index (χ0n) is 7.93. The van der Waals surface area contributed by atoms with Gasteiger partial charge < -0.3 is 10.2 Å². The fraction of sp³-hybridized carbons (Fsp3) is 1.00. The third-order valence-electron chi connectivity index (χ3n) is 2.45. The summed E-state index contributed by atoms with van der Waals surface area (Å²) in [6.07, 6.45) is 1.24. The lowest BCUT2D eigenvalue weighted by molar-refractivity contribution is 0.396. The molecule has 2 nitrogen and oxygen atoms in total. The van der Waals surface area contributed by atoms with E-state index in [2.05, 4.69) is 31.1 Å². The van der Waals surface area contributed by atoms with E-state index < -0.39 is 0 Å². The molecule has 0 unspecified atom stereocenters. The van der Waals surface area contributed by atoms with E-state index in [9.17, 15) is 0 Å². The molecule has 0 aromatic rings. The van der Waals surface area contributed by atoms with Crippen molar-refractivity contribution in [1.29, 1.82) is 0 Å². The Hall–Kier alpha value is -0.0800. The highest BCUT2D eigenvalue weighted by atomic mass is 15.2. The standard InChI is InChI=1S/C9H20N2/c1-4-5-10-9-7-11(3)6-8(9)2/h8-10H,4-7H2,1-3H3/t8-,9+/m0/s1. The number of hydrogen-bond donors (Lipinski definition) is 1. The number of hydrogen-bond acceptors (Lipinski definition) is 2. The van der Waals surface area contributed by atoms with E-state index in [1.807, 2.05) is 0 Å². The van der Waals surface area contributed by atoms with Gasteiger partial charge in [0, 0.05) is 19.1 Å². The first-order chi connectivity index (χ1) is 5.24. The smallest absolute Gasteiger partial charge is 0.0232 e. The van der Waals surface area contributed by atoms with Crippen LogP contribution in [0.25, 0.3) is 0 Å². The van der Waals surface area contributed by atoms with Gasteiger partial charge in [0.2, 0.25) is 0 Å². The Bertz CT molecular complexity index is 114.